The van der Waals surface area contributed by atoms with Gasteiger partial charge in [-0.1, -0.05) is 36.4 Å². The highest BCUT2D eigenvalue weighted by molar-refractivity contribution is 6.01. The molecule has 0 saturated heterocycles. The molecule has 0 radical (unpaired) electrons. The number of hydrogen-bond donors (Lipinski definition) is 2. The van der Waals surface area contributed by atoms with Crippen LogP contribution in [-0.2, 0) is 9.53 Å². The topological polar surface area (TPSA) is 108 Å². The van der Waals surface area contributed by atoms with E-state index in [1.807, 2.05) is 0 Å². The zero-order valence-corrected chi connectivity index (χ0v) is 15.9. The minimum atomic E-state index is -1.18. The second-order valence-electron chi connectivity index (χ2n) is 6.37. The minimum absolute atomic E-state index is 0.141. The van der Waals surface area contributed by atoms with Gasteiger partial charge in [0.05, 0.1) is 17.2 Å². The summed E-state index contributed by atoms with van der Waals surface area (Å²) in [5, 5.41) is 14.0. The minimum Gasteiger partial charge on any atom is -0.449 e. The van der Waals surface area contributed by atoms with Crippen LogP contribution in [0, 0.1) is 11.3 Å². The van der Waals surface area contributed by atoms with Crippen LogP contribution in [0.4, 0.5) is 4.79 Å². The number of esters is 1. The van der Waals surface area contributed by atoms with Crippen LogP contribution >= 0.6 is 0 Å². The molecule has 0 spiro atoms. The third-order valence-electron chi connectivity index (χ3n) is 3.79. The van der Waals surface area contributed by atoms with E-state index < -0.39 is 24.0 Å². The zero-order valence-electron chi connectivity index (χ0n) is 15.9. The molecular weight excluding hydrogens is 358 g/mol. The Kier molecular flexibility index (Phi) is 6.88. The number of amides is 3. The number of urea groups is 1. The van der Waals surface area contributed by atoms with E-state index in [2.05, 4.69) is 16.7 Å². The predicted molar refractivity (Wildman–Crippen MR) is 103 cm³/mol. The van der Waals surface area contributed by atoms with Gasteiger partial charge in [0.15, 0.2) is 6.10 Å². The van der Waals surface area contributed by atoms with Gasteiger partial charge in [-0.05, 0) is 38.5 Å². The standard InChI is InChI=1S/C21H21N3O4/c1-13(2)23-21(27)24-19(25)14(3)28-20(26)18-11-7-6-10-17(18)16-9-5-4-8-15(16)12-22/h4-11,13-14H,1-3H3,(H2,23,24,25,27)/t14-/m1/s1. The van der Waals surface area contributed by atoms with Crippen LogP contribution in [0.1, 0.15) is 36.7 Å². The van der Waals surface area contributed by atoms with E-state index in [1.54, 1.807) is 62.4 Å². The van der Waals surface area contributed by atoms with Crippen LogP contribution in [-0.4, -0.2) is 30.1 Å². The van der Waals surface area contributed by atoms with Crippen LogP contribution in [0.15, 0.2) is 48.5 Å². The lowest BCUT2D eigenvalue weighted by Gasteiger charge is -2.16. The van der Waals surface area contributed by atoms with E-state index in [1.165, 1.54) is 6.92 Å². The monoisotopic (exact) mass is 379 g/mol. The summed E-state index contributed by atoms with van der Waals surface area (Å²) in [6.07, 6.45) is -1.18. The van der Waals surface area contributed by atoms with Gasteiger partial charge in [-0.3, -0.25) is 10.1 Å². The number of nitrogens with one attached hydrogen (secondary N) is 2. The third-order valence-corrected chi connectivity index (χ3v) is 3.79. The van der Waals surface area contributed by atoms with E-state index >= 15 is 0 Å². The van der Waals surface area contributed by atoms with E-state index in [0.717, 1.165) is 0 Å². The molecule has 0 heterocycles. The molecule has 3 amide bonds. The van der Waals surface area contributed by atoms with E-state index in [9.17, 15) is 19.6 Å². The number of rotatable bonds is 5. The predicted octanol–water partition coefficient (Wildman–Crippen LogP) is 3.00. The molecular formula is C21H21N3O4. The number of hydrogen-bond acceptors (Lipinski definition) is 5. The van der Waals surface area contributed by atoms with Gasteiger partial charge in [-0.15, -0.1) is 0 Å². The normalized spacial score (nSPS) is 11.2. The number of carbonyl (C=O) groups is 3. The summed E-state index contributed by atoms with van der Waals surface area (Å²) in [5.41, 5.74) is 1.75. The van der Waals surface area contributed by atoms with Crippen molar-refractivity contribution >= 4 is 17.9 Å². The highest BCUT2D eigenvalue weighted by Crippen LogP contribution is 2.27. The molecule has 0 aromatic heterocycles. The number of nitrogens with zero attached hydrogens (tertiary/aromatic N) is 1. The average Bonchev–Trinajstić information content (AvgIpc) is 2.67. The largest absolute Gasteiger partial charge is 0.449 e. The molecule has 2 N–H and O–H groups in total. The van der Waals surface area contributed by atoms with Crippen LogP contribution in [0.25, 0.3) is 11.1 Å². The van der Waals surface area contributed by atoms with Gasteiger partial charge in [0.25, 0.3) is 5.91 Å². The molecule has 144 valence electrons. The number of ether oxygens (including phenoxy) is 1. The van der Waals surface area contributed by atoms with Crippen molar-refractivity contribution < 1.29 is 19.1 Å². The molecule has 0 aliphatic carbocycles. The van der Waals surface area contributed by atoms with Crippen molar-refractivity contribution in [2.75, 3.05) is 0 Å². The molecule has 1 atom stereocenters. The summed E-state index contributed by atoms with van der Waals surface area (Å²) < 4.78 is 5.23. The molecule has 2 aromatic carbocycles. The molecule has 0 fully saturated rings. The molecule has 0 saturated carbocycles. The van der Waals surface area contributed by atoms with Crippen molar-refractivity contribution in [3.63, 3.8) is 0 Å². The maximum absolute atomic E-state index is 12.6. The van der Waals surface area contributed by atoms with Crippen molar-refractivity contribution in [1.82, 2.24) is 10.6 Å². The Morgan fingerprint density at radius 2 is 1.57 bits per heavy atom. The summed E-state index contributed by atoms with van der Waals surface area (Å²) in [7, 11) is 0. The maximum atomic E-state index is 12.6. The van der Waals surface area contributed by atoms with E-state index in [0.29, 0.717) is 16.7 Å². The molecule has 7 heteroatoms. The van der Waals surface area contributed by atoms with Gasteiger partial charge in [-0.2, -0.15) is 5.26 Å². The Bertz CT molecular complexity index is 931. The first-order valence-corrected chi connectivity index (χ1v) is 8.74. The Morgan fingerprint density at radius 3 is 2.21 bits per heavy atom. The van der Waals surface area contributed by atoms with Crippen LogP contribution in [0.2, 0.25) is 0 Å². The highest BCUT2D eigenvalue weighted by Gasteiger charge is 2.23. The second kappa shape index (κ2) is 9.33. The quantitative estimate of drug-likeness (QED) is 0.777. The first-order chi connectivity index (χ1) is 13.3. The van der Waals surface area contributed by atoms with Crippen LogP contribution in [0.3, 0.4) is 0 Å². The highest BCUT2D eigenvalue weighted by atomic mass is 16.5. The Morgan fingerprint density at radius 1 is 0.964 bits per heavy atom. The number of benzene rings is 2. The van der Waals surface area contributed by atoms with Gasteiger partial charge >= 0.3 is 12.0 Å². The zero-order chi connectivity index (χ0) is 20.7. The van der Waals surface area contributed by atoms with Crippen LogP contribution in [0.5, 0.6) is 0 Å². The Hall–Kier alpha value is -3.66. The summed E-state index contributed by atoms with van der Waals surface area (Å²) in [6.45, 7) is 4.88. The fourth-order valence-corrected chi connectivity index (χ4v) is 2.50. The van der Waals surface area contributed by atoms with Crippen molar-refractivity contribution in [3.8, 4) is 17.2 Å². The van der Waals surface area contributed by atoms with Crippen molar-refractivity contribution in [3.05, 3.63) is 59.7 Å². The molecule has 0 bridgehead atoms. The van der Waals surface area contributed by atoms with E-state index in [4.69, 9.17) is 4.74 Å². The number of nitriles is 1. The molecule has 0 aliphatic heterocycles. The molecule has 7 nitrogen and oxygen atoms in total. The average molecular weight is 379 g/mol. The first-order valence-electron chi connectivity index (χ1n) is 8.74. The molecule has 2 aromatic rings. The SMILES string of the molecule is CC(C)NC(=O)NC(=O)[C@@H](C)OC(=O)c1ccccc1-c1ccccc1C#N. The molecule has 2 rings (SSSR count). The lowest BCUT2D eigenvalue weighted by molar-refractivity contribution is -0.127. The number of carbonyl (C=O) groups excluding carboxylic acids is 3. The summed E-state index contributed by atoms with van der Waals surface area (Å²) in [6, 6.07) is 14.8. The van der Waals surface area contributed by atoms with Gasteiger partial charge in [-0.25, -0.2) is 9.59 Å². The van der Waals surface area contributed by atoms with Gasteiger partial charge < -0.3 is 10.1 Å². The Balaban J connectivity index is 2.19. The fraction of sp³-hybridized carbons (Fsp3) is 0.238. The van der Waals surface area contributed by atoms with Crippen molar-refractivity contribution in [1.29, 1.82) is 5.26 Å². The van der Waals surface area contributed by atoms with Gasteiger partial charge in [0.1, 0.15) is 0 Å². The molecule has 28 heavy (non-hydrogen) atoms. The van der Waals surface area contributed by atoms with Gasteiger partial charge in [0.2, 0.25) is 0 Å². The summed E-state index contributed by atoms with van der Waals surface area (Å²) >= 11 is 0. The number of imide groups is 1. The van der Waals surface area contributed by atoms with Gasteiger partial charge in [0, 0.05) is 11.6 Å². The fourth-order valence-electron chi connectivity index (χ4n) is 2.50. The maximum Gasteiger partial charge on any atom is 0.339 e. The molecule has 0 aliphatic rings. The third kappa shape index (κ3) is 5.17. The lowest BCUT2D eigenvalue weighted by atomic mass is 9.96. The summed E-state index contributed by atoms with van der Waals surface area (Å²) in [4.78, 5) is 36.3. The Labute approximate surface area is 163 Å². The van der Waals surface area contributed by atoms with Crippen molar-refractivity contribution in [2.24, 2.45) is 0 Å². The summed E-state index contributed by atoms with van der Waals surface area (Å²) in [5.74, 6) is -1.46. The van der Waals surface area contributed by atoms with E-state index in [-0.39, 0.29) is 11.6 Å². The smallest absolute Gasteiger partial charge is 0.339 e. The first kappa shape index (κ1) is 20.6. The van der Waals surface area contributed by atoms with Crippen molar-refractivity contribution in [2.45, 2.75) is 32.9 Å². The second-order valence-corrected chi connectivity index (χ2v) is 6.37. The molecule has 0 unspecified atom stereocenters. The lowest BCUT2D eigenvalue weighted by Crippen LogP contribution is -2.46. The van der Waals surface area contributed by atoms with Crippen LogP contribution < -0.4 is 10.6 Å².